The van der Waals surface area contributed by atoms with Gasteiger partial charge in [0.1, 0.15) is 11.6 Å². The Bertz CT molecular complexity index is 391. The molecule has 0 heterocycles. The van der Waals surface area contributed by atoms with Crippen LogP contribution in [0.5, 0.6) is 0 Å². The Balaban J connectivity index is 2.65. The molecular formula is C16H25F2N. The summed E-state index contributed by atoms with van der Waals surface area (Å²) in [6.07, 6.45) is 4.45. The van der Waals surface area contributed by atoms with Crippen LogP contribution in [0.25, 0.3) is 0 Å². The predicted molar refractivity (Wildman–Crippen MR) is 76.4 cm³/mol. The minimum absolute atomic E-state index is 0.236. The van der Waals surface area contributed by atoms with E-state index in [2.05, 4.69) is 19.2 Å². The third-order valence-corrected chi connectivity index (χ3v) is 3.44. The molecule has 1 aromatic rings. The monoisotopic (exact) mass is 269 g/mol. The van der Waals surface area contributed by atoms with Gasteiger partial charge in [0.25, 0.3) is 0 Å². The van der Waals surface area contributed by atoms with Crippen molar-refractivity contribution in [2.24, 2.45) is 0 Å². The van der Waals surface area contributed by atoms with Crippen molar-refractivity contribution in [1.82, 2.24) is 5.32 Å². The molecule has 1 unspecified atom stereocenters. The van der Waals surface area contributed by atoms with E-state index in [4.69, 9.17) is 0 Å². The zero-order chi connectivity index (χ0) is 14.3. The molecule has 0 aromatic heterocycles. The standard InChI is InChI=1S/C16H25F2N/c1-4-6-13(19-11-5-2)8-9-14-15(17)10-7-12(3)16(14)18/h7,10,13,19H,4-6,8-9,11H2,1-3H3. The lowest BCUT2D eigenvalue weighted by atomic mass is 9.99. The second-order valence-electron chi connectivity index (χ2n) is 5.14. The van der Waals surface area contributed by atoms with Crippen molar-refractivity contribution < 1.29 is 8.78 Å². The molecule has 0 saturated carbocycles. The fraction of sp³-hybridized carbons (Fsp3) is 0.625. The van der Waals surface area contributed by atoms with Crippen molar-refractivity contribution >= 4 is 0 Å². The Morgan fingerprint density at radius 2 is 1.84 bits per heavy atom. The molecule has 19 heavy (non-hydrogen) atoms. The van der Waals surface area contributed by atoms with Crippen LogP contribution < -0.4 is 5.32 Å². The summed E-state index contributed by atoms with van der Waals surface area (Å²) in [7, 11) is 0. The second-order valence-corrected chi connectivity index (χ2v) is 5.14. The Morgan fingerprint density at radius 1 is 1.11 bits per heavy atom. The van der Waals surface area contributed by atoms with E-state index in [0.717, 1.165) is 32.2 Å². The van der Waals surface area contributed by atoms with Crippen LogP contribution in [0.15, 0.2) is 12.1 Å². The van der Waals surface area contributed by atoms with Crippen LogP contribution in [0, 0.1) is 18.6 Å². The molecule has 1 atom stereocenters. The van der Waals surface area contributed by atoms with Crippen molar-refractivity contribution in [2.75, 3.05) is 6.54 Å². The second kappa shape index (κ2) is 8.26. The zero-order valence-electron chi connectivity index (χ0n) is 12.2. The van der Waals surface area contributed by atoms with Crippen LogP contribution >= 0.6 is 0 Å². The lowest BCUT2D eigenvalue weighted by molar-refractivity contribution is 0.439. The lowest BCUT2D eigenvalue weighted by Crippen LogP contribution is -2.30. The summed E-state index contributed by atoms with van der Waals surface area (Å²) in [5.41, 5.74) is 0.754. The van der Waals surface area contributed by atoms with E-state index < -0.39 is 5.82 Å². The summed E-state index contributed by atoms with van der Waals surface area (Å²) < 4.78 is 27.5. The lowest BCUT2D eigenvalue weighted by Gasteiger charge is -2.18. The summed E-state index contributed by atoms with van der Waals surface area (Å²) in [4.78, 5) is 0. The Kier molecular flexibility index (Phi) is 7.00. The van der Waals surface area contributed by atoms with Crippen LogP contribution in [0.2, 0.25) is 0 Å². The summed E-state index contributed by atoms with van der Waals surface area (Å²) in [5, 5.41) is 3.45. The van der Waals surface area contributed by atoms with Crippen molar-refractivity contribution in [3.63, 3.8) is 0 Å². The maximum atomic E-state index is 13.9. The quantitative estimate of drug-likeness (QED) is 0.738. The molecule has 0 amide bonds. The highest BCUT2D eigenvalue weighted by molar-refractivity contribution is 5.26. The highest BCUT2D eigenvalue weighted by Gasteiger charge is 2.14. The molecule has 0 radical (unpaired) electrons. The maximum Gasteiger partial charge on any atom is 0.132 e. The van der Waals surface area contributed by atoms with Gasteiger partial charge in [-0.3, -0.25) is 0 Å². The Morgan fingerprint density at radius 3 is 2.47 bits per heavy atom. The van der Waals surface area contributed by atoms with E-state index in [1.54, 1.807) is 6.92 Å². The molecule has 1 N–H and O–H groups in total. The van der Waals surface area contributed by atoms with Gasteiger partial charge in [-0.05, 0) is 50.8 Å². The van der Waals surface area contributed by atoms with Crippen molar-refractivity contribution in [1.29, 1.82) is 0 Å². The normalized spacial score (nSPS) is 12.7. The molecule has 0 saturated heterocycles. The molecule has 0 bridgehead atoms. The van der Waals surface area contributed by atoms with E-state index in [0.29, 0.717) is 18.0 Å². The minimum atomic E-state index is -0.422. The van der Waals surface area contributed by atoms with Crippen LogP contribution in [0.4, 0.5) is 8.78 Å². The topological polar surface area (TPSA) is 12.0 Å². The Labute approximate surface area is 115 Å². The van der Waals surface area contributed by atoms with Crippen molar-refractivity contribution in [3.8, 4) is 0 Å². The van der Waals surface area contributed by atoms with Crippen LogP contribution in [0.1, 0.15) is 50.7 Å². The van der Waals surface area contributed by atoms with Crippen molar-refractivity contribution in [2.45, 2.75) is 58.9 Å². The van der Waals surface area contributed by atoms with Gasteiger partial charge in [0.05, 0.1) is 0 Å². The molecule has 3 heteroatoms. The largest absolute Gasteiger partial charge is 0.314 e. The predicted octanol–water partition coefficient (Wildman–Crippen LogP) is 4.37. The van der Waals surface area contributed by atoms with Gasteiger partial charge in [0, 0.05) is 11.6 Å². The minimum Gasteiger partial charge on any atom is -0.314 e. The zero-order valence-corrected chi connectivity index (χ0v) is 12.2. The van der Waals surface area contributed by atoms with Gasteiger partial charge in [-0.25, -0.2) is 8.78 Å². The SMILES string of the molecule is CCCNC(CCC)CCc1c(F)ccc(C)c1F. The highest BCUT2D eigenvalue weighted by atomic mass is 19.1. The molecular weight excluding hydrogens is 244 g/mol. The fourth-order valence-electron chi connectivity index (χ4n) is 2.31. The molecule has 0 fully saturated rings. The molecule has 0 spiro atoms. The van der Waals surface area contributed by atoms with Gasteiger partial charge in [-0.15, -0.1) is 0 Å². The van der Waals surface area contributed by atoms with Gasteiger partial charge in [0.2, 0.25) is 0 Å². The number of nitrogens with one attached hydrogen (secondary N) is 1. The fourth-order valence-corrected chi connectivity index (χ4v) is 2.31. The number of hydrogen-bond acceptors (Lipinski definition) is 1. The van der Waals surface area contributed by atoms with E-state index in [1.807, 2.05) is 0 Å². The summed E-state index contributed by atoms with van der Waals surface area (Å²) in [5.74, 6) is -0.806. The number of hydrogen-bond donors (Lipinski definition) is 1. The summed E-state index contributed by atoms with van der Waals surface area (Å²) in [6.45, 7) is 6.89. The molecule has 1 rings (SSSR count). The van der Waals surface area contributed by atoms with Gasteiger partial charge < -0.3 is 5.32 Å². The number of aryl methyl sites for hydroxylation is 1. The molecule has 0 aliphatic heterocycles. The van der Waals surface area contributed by atoms with Gasteiger partial charge in [0.15, 0.2) is 0 Å². The van der Waals surface area contributed by atoms with Crippen LogP contribution in [0.3, 0.4) is 0 Å². The maximum absolute atomic E-state index is 13.9. The molecule has 108 valence electrons. The molecule has 1 nitrogen and oxygen atoms in total. The van der Waals surface area contributed by atoms with Crippen molar-refractivity contribution in [3.05, 3.63) is 34.9 Å². The first kappa shape index (κ1) is 16.1. The summed E-state index contributed by atoms with van der Waals surface area (Å²) in [6, 6.07) is 3.21. The first-order valence-corrected chi connectivity index (χ1v) is 7.27. The van der Waals surface area contributed by atoms with E-state index in [-0.39, 0.29) is 11.4 Å². The average Bonchev–Trinajstić information content (AvgIpc) is 2.40. The van der Waals surface area contributed by atoms with Gasteiger partial charge in [-0.1, -0.05) is 26.3 Å². The number of halogens is 2. The third kappa shape index (κ3) is 4.90. The average molecular weight is 269 g/mol. The van der Waals surface area contributed by atoms with E-state index >= 15 is 0 Å². The van der Waals surface area contributed by atoms with E-state index in [9.17, 15) is 8.78 Å². The van der Waals surface area contributed by atoms with Gasteiger partial charge in [-0.2, -0.15) is 0 Å². The smallest absolute Gasteiger partial charge is 0.132 e. The van der Waals surface area contributed by atoms with Crippen LogP contribution in [-0.2, 0) is 6.42 Å². The first-order chi connectivity index (χ1) is 9.10. The number of rotatable bonds is 8. The van der Waals surface area contributed by atoms with Crippen LogP contribution in [-0.4, -0.2) is 12.6 Å². The Hall–Kier alpha value is -0.960. The molecule has 0 aliphatic rings. The third-order valence-electron chi connectivity index (χ3n) is 3.44. The molecule has 1 aromatic carbocycles. The van der Waals surface area contributed by atoms with E-state index in [1.165, 1.54) is 12.1 Å². The highest BCUT2D eigenvalue weighted by Crippen LogP contribution is 2.19. The molecule has 0 aliphatic carbocycles. The number of benzene rings is 1. The summed E-state index contributed by atoms with van der Waals surface area (Å²) >= 11 is 0. The van der Waals surface area contributed by atoms with Gasteiger partial charge >= 0.3 is 0 Å². The first-order valence-electron chi connectivity index (χ1n) is 7.27.